The van der Waals surface area contributed by atoms with Crippen molar-refractivity contribution in [3.8, 4) is 5.75 Å². The zero-order valence-electron chi connectivity index (χ0n) is 11.3. The fourth-order valence-corrected chi connectivity index (χ4v) is 2.43. The molecule has 0 unspecified atom stereocenters. The third kappa shape index (κ3) is 3.33. The number of nitrogens with zero attached hydrogens (tertiary/aromatic N) is 2. The van der Waals surface area contributed by atoms with Crippen LogP contribution in [0.4, 0.5) is 11.5 Å². The first kappa shape index (κ1) is 13.9. The molecule has 0 atom stereocenters. The van der Waals surface area contributed by atoms with E-state index in [9.17, 15) is 4.79 Å². The molecule has 0 fully saturated rings. The lowest BCUT2D eigenvalue weighted by atomic mass is 10.2. The van der Waals surface area contributed by atoms with Gasteiger partial charge >= 0.3 is 0 Å². The Labute approximate surface area is 131 Å². The number of hydrogen-bond donors (Lipinski definition) is 1. The summed E-state index contributed by atoms with van der Waals surface area (Å²) in [5.41, 5.74) is 0.947. The largest absolute Gasteiger partial charge is 0.490 e. The number of aromatic nitrogens is 1. The molecule has 6 heteroatoms. The van der Waals surface area contributed by atoms with Crippen molar-refractivity contribution in [2.45, 2.75) is 0 Å². The summed E-state index contributed by atoms with van der Waals surface area (Å²) in [6.07, 6.45) is 1.65. The van der Waals surface area contributed by atoms with Crippen molar-refractivity contribution in [2.24, 2.45) is 0 Å². The van der Waals surface area contributed by atoms with Crippen LogP contribution in [0.25, 0.3) is 0 Å². The van der Waals surface area contributed by atoms with Gasteiger partial charge in [0.2, 0.25) is 5.91 Å². The van der Waals surface area contributed by atoms with Gasteiger partial charge in [0.1, 0.15) is 18.2 Å². The third-order valence-electron chi connectivity index (χ3n) is 3.15. The Bertz CT molecular complexity index is 646. The number of nitrogens with one attached hydrogen (secondary N) is 1. The fourth-order valence-electron chi connectivity index (χ4n) is 2.20. The van der Waals surface area contributed by atoms with Crippen LogP contribution < -0.4 is 15.0 Å². The van der Waals surface area contributed by atoms with E-state index in [-0.39, 0.29) is 12.5 Å². The molecule has 0 saturated carbocycles. The molecule has 0 radical (unpaired) electrons. The Hall–Kier alpha value is -2.08. The molecule has 1 aliphatic rings. The Morgan fingerprint density at radius 3 is 3.00 bits per heavy atom. The maximum Gasteiger partial charge on any atom is 0.245 e. The number of anilines is 2. The quantitative estimate of drug-likeness (QED) is 0.927. The second-order valence-corrected chi connectivity index (χ2v) is 5.56. The van der Waals surface area contributed by atoms with Crippen LogP contribution >= 0.6 is 15.9 Å². The van der Waals surface area contributed by atoms with Gasteiger partial charge < -0.3 is 15.0 Å². The van der Waals surface area contributed by atoms with Crippen LogP contribution in [0.5, 0.6) is 5.75 Å². The molecule has 0 bridgehead atoms. The molecule has 1 aromatic carbocycles. The molecule has 2 heterocycles. The first-order valence-electron chi connectivity index (χ1n) is 6.60. The average molecular weight is 348 g/mol. The van der Waals surface area contributed by atoms with Crippen molar-refractivity contribution in [2.75, 3.05) is 29.9 Å². The molecule has 108 valence electrons. The molecule has 1 amide bonds. The highest BCUT2D eigenvalue weighted by Gasteiger charge is 2.19. The molecule has 3 rings (SSSR count). The lowest BCUT2D eigenvalue weighted by molar-refractivity contribution is -0.115. The minimum atomic E-state index is -0.0958. The van der Waals surface area contributed by atoms with Crippen molar-refractivity contribution in [3.63, 3.8) is 0 Å². The van der Waals surface area contributed by atoms with Crippen LogP contribution in [-0.4, -0.2) is 30.6 Å². The molecule has 0 saturated heterocycles. The van der Waals surface area contributed by atoms with Crippen molar-refractivity contribution < 1.29 is 9.53 Å². The molecule has 2 aromatic rings. The summed E-state index contributed by atoms with van der Waals surface area (Å²) in [7, 11) is 0. The standard InChI is InChI=1S/C15H14BrN3O2/c16-11-5-6-14(17-9-11)18-15(20)10-19-7-8-21-13-4-2-1-3-12(13)19/h1-6,9H,7-8,10H2,(H,17,18,20). The summed E-state index contributed by atoms with van der Waals surface area (Å²) in [5, 5.41) is 2.79. The molecule has 1 aromatic heterocycles. The third-order valence-corrected chi connectivity index (χ3v) is 3.62. The topological polar surface area (TPSA) is 54.5 Å². The Morgan fingerprint density at radius 1 is 1.33 bits per heavy atom. The number of hydrogen-bond acceptors (Lipinski definition) is 4. The van der Waals surface area contributed by atoms with Crippen molar-refractivity contribution in [1.82, 2.24) is 4.98 Å². The maximum absolute atomic E-state index is 12.1. The molecular weight excluding hydrogens is 334 g/mol. The number of carbonyl (C=O) groups is 1. The van der Waals surface area contributed by atoms with Gasteiger partial charge in [-0.1, -0.05) is 12.1 Å². The number of carbonyl (C=O) groups excluding carboxylic acids is 1. The summed E-state index contributed by atoms with van der Waals surface area (Å²) in [4.78, 5) is 18.3. The van der Waals surface area contributed by atoms with Gasteiger partial charge in [-0.3, -0.25) is 4.79 Å². The molecule has 5 nitrogen and oxygen atoms in total. The van der Waals surface area contributed by atoms with E-state index in [0.717, 1.165) is 15.9 Å². The highest BCUT2D eigenvalue weighted by molar-refractivity contribution is 9.10. The summed E-state index contributed by atoms with van der Waals surface area (Å²) >= 11 is 3.31. The van der Waals surface area contributed by atoms with Crippen molar-refractivity contribution in [1.29, 1.82) is 0 Å². The van der Waals surface area contributed by atoms with E-state index in [1.54, 1.807) is 12.3 Å². The van der Waals surface area contributed by atoms with Gasteiger partial charge in [0, 0.05) is 10.7 Å². The van der Waals surface area contributed by atoms with Gasteiger partial charge in [-0.25, -0.2) is 4.98 Å². The van der Waals surface area contributed by atoms with E-state index in [1.165, 1.54) is 0 Å². The van der Waals surface area contributed by atoms with Crippen LogP contribution in [0.3, 0.4) is 0 Å². The summed E-state index contributed by atoms with van der Waals surface area (Å²) in [6, 6.07) is 11.3. The second-order valence-electron chi connectivity index (χ2n) is 4.65. The Morgan fingerprint density at radius 2 is 2.19 bits per heavy atom. The number of para-hydroxylation sites is 2. The van der Waals surface area contributed by atoms with Gasteiger partial charge in [0.15, 0.2) is 0 Å². The number of ether oxygens (including phenoxy) is 1. The van der Waals surface area contributed by atoms with E-state index in [4.69, 9.17) is 4.74 Å². The molecular formula is C15H14BrN3O2. The second kappa shape index (κ2) is 6.13. The fraction of sp³-hybridized carbons (Fsp3) is 0.200. The first-order chi connectivity index (χ1) is 10.2. The lowest BCUT2D eigenvalue weighted by Crippen LogP contribution is -2.38. The maximum atomic E-state index is 12.1. The van der Waals surface area contributed by atoms with Crippen LogP contribution in [0.2, 0.25) is 0 Å². The van der Waals surface area contributed by atoms with Gasteiger partial charge in [-0.2, -0.15) is 0 Å². The number of halogens is 1. The normalized spacial score (nSPS) is 13.3. The summed E-state index contributed by atoms with van der Waals surface area (Å²) in [5.74, 6) is 1.27. The number of pyridine rings is 1. The minimum Gasteiger partial charge on any atom is -0.490 e. The van der Waals surface area contributed by atoms with Gasteiger partial charge in [0.05, 0.1) is 18.8 Å². The van der Waals surface area contributed by atoms with E-state index < -0.39 is 0 Å². The van der Waals surface area contributed by atoms with Gasteiger partial charge in [0.25, 0.3) is 0 Å². The van der Waals surface area contributed by atoms with E-state index in [1.807, 2.05) is 35.2 Å². The highest BCUT2D eigenvalue weighted by atomic mass is 79.9. The summed E-state index contributed by atoms with van der Waals surface area (Å²) in [6.45, 7) is 1.55. The minimum absolute atomic E-state index is 0.0958. The average Bonchev–Trinajstić information content (AvgIpc) is 2.50. The van der Waals surface area contributed by atoms with Crippen LogP contribution in [0.1, 0.15) is 0 Å². The molecule has 0 spiro atoms. The van der Waals surface area contributed by atoms with Crippen LogP contribution in [0, 0.1) is 0 Å². The zero-order chi connectivity index (χ0) is 14.7. The lowest BCUT2D eigenvalue weighted by Gasteiger charge is -2.30. The predicted octanol–water partition coefficient (Wildman–Crippen LogP) is 2.68. The molecule has 1 aliphatic heterocycles. The van der Waals surface area contributed by atoms with Crippen LogP contribution in [0.15, 0.2) is 47.1 Å². The summed E-state index contributed by atoms with van der Waals surface area (Å²) < 4.78 is 6.45. The van der Waals surface area contributed by atoms with Crippen molar-refractivity contribution in [3.05, 3.63) is 47.1 Å². The smallest absolute Gasteiger partial charge is 0.245 e. The Kier molecular flexibility index (Phi) is 4.06. The molecule has 21 heavy (non-hydrogen) atoms. The van der Waals surface area contributed by atoms with E-state index in [0.29, 0.717) is 19.0 Å². The monoisotopic (exact) mass is 347 g/mol. The van der Waals surface area contributed by atoms with E-state index in [2.05, 4.69) is 26.2 Å². The van der Waals surface area contributed by atoms with Gasteiger partial charge in [-0.15, -0.1) is 0 Å². The first-order valence-corrected chi connectivity index (χ1v) is 7.40. The van der Waals surface area contributed by atoms with E-state index >= 15 is 0 Å². The number of rotatable bonds is 3. The SMILES string of the molecule is O=C(CN1CCOc2ccccc21)Nc1ccc(Br)cn1. The highest BCUT2D eigenvalue weighted by Crippen LogP contribution is 2.30. The zero-order valence-corrected chi connectivity index (χ0v) is 12.8. The number of amides is 1. The predicted molar refractivity (Wildman–Crippen MR) is 84.7 cm³/mol. The number of fused-ring (bicyclic) bond motifs is 1. The van der Waals surface area contributed by atoms with Crippen molar-refractivity contribution >= 4 is 33.3 Å². The Balaban J connectivity index is 1.67. The molecule has 0 aliphatic carbocycles. The van der Waals surface area contributed by atoms with Gasteiger partial charge in [-0.05, 0) is 40.2 Å². The molecule has 1 N–H and O–H groups in total. The van der Waals surface area contributed by atoms with Crippen LogP contribution in [-0.2, 0) is 4.79 Å². The number of benzene rings is 1.